The van der Waals surface area contributed by atoms with Crippen LogP contribution >= 0.6 is 0 Å². The molecule has 0 saturated heterocycles. The van der Waals surface area contributed by atoms with Crippen molar-refractivity contribution in [2.24, 2.45) is 0 Å². The maximum Gasteiger partial charge on any atom is 0.0600 e. The number of aromatic nitrogens is 5. The van der Waals surface area contributed by atoms with Gasteiger partial charge in [-0.2, -0.15) is 10.2 Å². The van der Waals surface area contributed by atoms with Gasteiger partial charge in [0, 0.05) is 37.2 Å². The molecule has 0 aliphatic rings. The molecule has 0 atom stereocenters. The lowest BCUT2D eigenvalue weighted by Gasteiger charge is -2.01. The van der Waals surface area contributed by atoms with Crippen LogP contribution in [-0.2, 0) is 0 Å². The van der Waals surface area contributed by atoms with E-state index in [2.05, 4.69) is 39.0 Å². The summed E-state index contributed by atoms with van der Waals surface area (Å²) >= 11 is 0. The summed E-state index contributed by atoms with van der Waals surface area (Å²) in [6, 6.07) is 7.87. The highest BCUT2D eigenvalue weighted by atomic mass is 15.1. The van der Waals surface area contributed by atoms with Gasteiger partial charge in [-0.15, -0.1) is 0 Å². The summed E-state index contributed by atoms with van der Waals surface area (Å²) in [6.45, 7) is 16.2. The van der Waals surface area contributed by atoms with Crippen molar-refractivity contribution in [2.45, 2.75) is 61.3 Å². The summed E-state index contributed by atoms with van der Waals surface area (Å²) in [7, 11) is 0. The lowest BCUT2D eigenvalue weighted by molar-refractivity contribution is 0.863. The fraction of sp³-hybridized carbons (Fsp3) is 0.409. The first kappa shape index (κ1) is 26.5. The van der Waals surface area contributed by atoms with Gasteiger partial charge in [-0.1, -0.05) is 41.5 Å². The summed E-state index contributed by atoms with van der Waals surface area (Å²) in [5, 5.41) is 7.36. The zero-order valence-electron chi connectivity index (χ0n) is 18.1. The maximum atomic E-state index is 3.93. The third-order valence-electron chi connectivity index (χ3n) is 2.77. The predicted octanol–water partition coefficient (Wildman–Crippen LogP) is 5.83. The van der Waals surface area contributed by atoms with E-state index in [1.165, 1.54) is 5.56 Å². The van der Waals surface area contributed by atoms with Gasteiger partial charge in [0.1, 0.15) is 0 Å². The predicted molar refractivity (Wildman–Crippen MR) is 115 cm³/mol. The number of pyridine rings is 1. The first-order chi connectivity index (χ1) is 13.1. The molecule has 3 heterocycles. The summed E-state index contributed by atoms with van der Waals surface area (Å²) in [4.78, 5) is 11.7. The van der Waals surface area contributed by atoms with Crippen LogP contribution in [0.1, 0.15) is 64.4 Å². The average molecular weight is 370 g/mol. The second-order valence-electron chi connectivity index (χ2n) is 5.15. The van der Waals surface area contributed by atoms with Crippen molar-refractivity contribution in [1.82, 2.24) is 25.1 Å². The zero-order chi connectivity index (χ0) is 20.9. The fourth-order valence-electron chi connectivity index (χ4n) is 1.50. The molecule has 27 heavy (non-hydrogen) atoms. The normalized spacial score (nSPS) is 8.33. The molecule has 0 aromatic carbocycles. The first-order valence-electron chi connectivity index (χ1n) is 9.46. The number of aryl methyl sites for hydroxylation is 2. The number of hydrogen-bond acceptors (Lipinski definition) is 5. The number of hydrogen-bond donors (Lipinski definition) is 0. The van der Waals surface area contributed by atoms with E-state index >= 15 is 0 Å². The van der Waals surface area contributed by atoms with E-state index in [1.807, 2.05) is 78.2 Å². The summed E-state index contributed by atoms with van der Waals surface area (Å²) in [5.74, 6) is 0.619. The molecule has 5 nitrogen and oxygen atoms in total. The molecule has 0 spiro atoms. The van der Waals surface area contributed by atoms with Crippen molar-refractivity contribution in [3.8, 4) is 0 Å². The first-order valence-corrected chi connectivity index (χ1v) is 9.46. The quantitative estimate of drug-likeness (QED) is 0.540. The molecule has 3 rings (SSSR count). The summed E-state index contributed by atoms with van der Waals surface area (Å²) in [6.07, 6.45) is 10.4. The van der Waals surface area contributed by atoms with E-state index in [4.69, 9.17) is 0 Å². The molecule has 148 valence electrons. The molecule has 0 amide bonds. The molecule has 3 aromatic rings. The Balaban J connectivity index is 0. The van der Waals surface area contributed by atoms with Gasteiger partial charge in [0.25, 0.3) is 0 Å². The van der Waals surface area contributed by atoms with Gasteiger partial charge in [0.15, 0.2) is 0 Å². The second kappa shape index (κ2) is 19.6. The molecule has 0 unspecified atom stereocenters. The van der Waals surface area contributed by atoms with Gasteiger partial charge in [-0.25, -0.2) is 0 Å². The number of nitrogens with zero attached hydrogens (tertiary/aromatic N) is 5. The second-order valence-corrected chi connectivity index (χ2v) is 5.15. The summed E-state index contributed by atoms with van der Waals surface area (Å²) < 4.78 is 0. The van der Waals surface area contributed by atoms with E-state index in [9.17, 15) is 0 Å². The van der Waals surface area contributed by atoms with Gasteiger partial charge in [-0.05, 0) is 49.6 Å². The summed E-state index contributed by atoms with van der Waals surface area (Å²) in [5.41, 5.74) is 3.27. The molecule has 5 heteroatoms. The highest BCUT2D eigenvalue weighted by molar-refractivity contribution is 5.13. The van der Waals surface area contributed by atoms with Crippen LogP contribution in [0.4, 0.5) is 0 Å². The Labute approximate surface area is 165 Å². The highest BCUT2D eigenvalue weighted by Gasteiger charge is 1.94. The minimum atomic E-state index is 0.619. The number of rotatable bonds is 1. The third kappa shape index (κ3) is 16.5. The van der Waals surface area contributed by atoms with Crippen LogP contribution in [0.25, 0.3) is 0 Å². The monoisotopic (exact) mass is 369 g/mol. The van der Waals surface area contributed by atoms with Crippen LogP contribution in [-0.4, -0.2) is 25.1 Å². The smallest absolute Gasteiger partial charge is 0.0600 e. The van der Waals surface area contributed by atoms with E-state index in [0.717, 1.165) is 11.4 Å². The minimum Gasteiger partial charge on any atom is -0.265 e. The van der Waals surface area contributed by atoms with Crippen LogP contribution in [0, 0.1) is 13.8 Å². The van der Waals surface area contributed by atoms with E-state index in [0.29, 0.717) is 5.92 Å². The van der Waals surface area contributed by atoms with Crippen molar-refractivity contribution < 1.29 is 0 Å². The standard InChI is InChI=1S/C8H11N.2C5H6N2.2C2H6/c1-7(2)8-3-5-9-6-4-8;1-5-4-6-2-3-7-5;1-5-3-2-4-6-7-5;2*1-2/h3-7H,1-2H3;2*2-4H,1H3;2*1-2H3. The SMILES string of the molecule is CC.CC.CC(C)c1ccncc1.Cc1cccnn1.Cc1cnccn1. The largest absolute Gasteiger partial charge is 0.265 e. The molecule has 0 radical (unpaired) electrons. The van der Waals surface area contributed by atoms with E-state index in [1.54, 1.807) is 24.8 Å². The van der Waals surface area contributed by atoms with Crippen LogP contribution in [0.3, 0.4) is 0 Å². The van der Waals surface area contributed by atoms with Gasteiger partial charge in [-0.3, -0.25) is 15.0 Å². The van der Waals surface area contributed by atoms with Gasteiger partial charge < -0.3 is 0 Å². The van der Waals surface area contributed by atoms with E-state index in [-0.39, 0.29) is 0 Å². The lowest BCUT2D eigenvalue weighted by Crippen LogP contribution is -1.85. The lowest BCUT2D eigenvalue weighted by atomic mass is 10.1. The van der Waals surface area contributed by atoms with Crippen LogP contribution in [0.2, 0.25) is 0 Å². The Morgan fingerprint density at radius 2 is 1.33 bits per heavy atom. The van der Waals surface area contributed by atoms with Crippen LogP contribution in [0.15, 0.2) is 61.4 Å². The van der Waals surface area contributed by atoms with Crippen molar-refractivity contribution in [2.75, 3.05) is 0 Å². The molecule has 3 aromatic heterocycles. The topological polar surface area (TPSA) is 64.5 Å². The van der Waals surface area contributed by atoms with Gasteiger partial charge in [0.05, 0.1) is 11.4 Å². The van der Waals surface area contributed by atoms with Crippen LogP contribution in [0.5, 0.6) is 0 Å². The Morgan fingerprint density at radius 1 is 0.704 bits per heavy atom. The van der Waals surface area contributed by atoms with Gasteiger partial charge >= 0.3 is 0 Å². The van der Waals surface area contributed by atoms with Crippen molar-refractivity contribution >= 4 is 0 Å². The Bertz CT molecular complexity index is 591. The average Bonchev–Trinajstić information content (AvgIpc) is 2.74. The van der Waals surface area contributed by atoms with Crippen molar-refractivity contribution in [3.63, 3.8) is 0 Å². The molecule has 0 aliphatic carbocycles. The molecule has 0 fully saturated rings. The zero-order valence-corrected chi connectivity index (χ0v) is 18.1. The Hall–Kier alpha value is -2.69. The molecule has 0 bridgehead atoms. The highest BCUT2D eigenvalue weighted by Crippen LogP contribution is 2.10. The molecule has 0 saturated carbocycles. The molecular formula is C22H35N5. The maximum absolute atomic E-state index is 3.93. The molecular weight excluding hydrogens is 334 g/mol. The van der Waals surface area contributed by atoms with Crippen molar-refractivity contribution in [3.05, 3.63) is 78.4 Å². The third-order valence-corrected chi connectivity index (χ3v) is 2.77. The van der Waals surface area contributed by atoms with Crippen LogP contribution < -0.4 is 0 Å². The van der Waals surface area contributed by atoms with Gasteiger partial charge in [0.2, 0.25) is 0 Å². The molecule has 0 aliphatic heterocycles. The minimum absolute atomic E-state index is 0.619. The Kier molecular flexibility index (Phi) is 19.3. The molecule has 0 N–H and O–H groups in total. The Morgan fingerprint density at radius 3 is 1.59 bits per heavy atom. The van der Waals surface area contributed by atoms with Crippen molar-refractivity contribution in [1.29, 1.82) is 0 Å². The van der Waals surface area contributed by atoms with E-state index < -0.39 is 0 Å². The fourth-order valence-corrected chi connectivity index (χ4v) is 1.50.